The molecule has 0 saturated carbocycles. The topological polar surface area (TPSA) is 43.8 Å². The summed E-state index contributed by atoms with van der Waals surface area (Å²) in [4.78, 5) is 4.38. The zero-order valence-electron chi connectivity index (χ0n) is 10.7. The molecule has 0 saturated heterocycles. The van der Waals surface area contributed by atoms with Gasteiger partial charge >= 0.3 is 0 Å². The van der Waals surface area contributed by atoms with Gasteiger partial charge in [0.15, 0.2) is 0 Å². The lowest BCUT2D eigenvalue weighted by atomic mass is 10.0. The van der Waals surface area contributed by atoms with Gasteiger partial charge in [0.05, 0.1) is 6.04 Å². The lowest BCUT2D eigenvalue weighted by Crippen LogP contribution is -2.30. The molecule has 96 valence electrons. The van der Waals surface area contributed by atoms with Crippen molar-refractivity contribution in [3.63, 3.8) is 0 Å². The van der Waals surface area contributed by atoms with Crippen LogP contribution < -0.4 is 5.73 Å². The number of hydrogen-bond donors (Lipinski definition) is 1. The van der Waals surface area contributed by atoms with Crippen LogP contribution in [0.5, 0.6) is 0 Å². The second-order valence-corrected chi connectivity index (χ2v) is 5.38. The molecule has 0 amide bonds. The molecule has 2 aromatic rings. The molecule has 2 rings (SSSR count). The average Bonchev–Trinajstić information content (AvgIpc) is 2.79. The smallest absolute Gasteiger partial charge is 0.108 e. The van der Waals surface area contributed by atoms with Gasteiger partial charge in [-0.25, -0.2) is 4.98 Å². The van der Waals surface area contributed by atoms with E-state index in [9.17, 15) is 0 Å². The van der Waals surface area contributed by atoms with Crippen LogP contribution in [0.1, 0.15) is 31.3 Å². The number of nitrogens with zero attached hydrogens (tertiary/aromatic N) is 2. The van der Waals surface area contributed by atoms with Gasteiger partial charge < -0.3 is 10.3 Å². The number of halogens is 1. The summed E-state index contributed by atoms with van der Waals surface area (Å²) < 4.78 is 3.25. The third-order valence-electron chi connectivity index (χ3n) is 3.07. The molecule has 0 fully saturated rings. The van der Waals surface area contributed by atoms with Crippen molar-refractivity contribution in [3.8, 4) is 0 Å². The van der Waals surface area contributed by atoms with Gasteiger partial charge in [-0.05, 0) is 24.6 Å². The van der Waals surface area contributed by atoms with Crippen molar-refractivity contribution >= 4 is 15.9 Å². The largest absolute Gasteiger partial charge is 0.326 e. The minimum atomic E-state index is 0.0330. The monoisotopic (exact) mass is 307 g/mol. The molecular weight excluding hydrogens is 290 g/mol. The van der Waals surface area contributed by atoms with Crippen molar-refractivity contribution in [3.05, 3.63) is 52.5 Å². The summed E-state index contributed by atoms with van der Waals surface area (Å²) >= 11 is 3.46. The number of rotatable bonds is 4. The van der Waals surface area contributed by atoms with E-state index in [0.29, 0.717) is 0 Å². The molecule has 0 aliphatic heterocycles. The number of aryl methyl sites for hydroxylation is 1. The molecule has 18 heavy (non-hydrogen) atoms. The summed E-state index contributed by atoms with van der Waals surface area (Å²) in [6.45, 7) is 4.14. The molecule has 2 N–H and O–H groups in total. The second kappa shape index (κ2) is 5.67. The molecule has 2 unspecified atom stereocenters. The van der Waals surface area contributed by atoms with Crippen LogP contribution in [0.4, 0.5) is 0 Å². The van der Waals surface area contributed by atoms with Gasteiger partial charge in [-0.2, -0.15) is 0 Å². The highest BCUT2D eigenvalue weighted by Crippen LogP contribution is 2.24. The van der Waals surface area contributed by atoms with Crippen molar-refractivity contribution in [1.29, 1.82) is 0 Å². The number of benzene rings is 1. The Bertz CT molecular complexity index is 502. The van der Waals surface area contributed by atoms with Crippen LogP contribution in [-0.4, -0.2) is 15.6 Å². The van der Waals surface area contributed by atoms with Crippen LogP contribution in [0.25, 0.3) is 0 Å². The van der Waals surface area contributed by atoms with Gasteiger partial charge in [-0.15, -0.1) is 0 Å². The average molecular weight is 308 g/mol. The van der Waals surface area contributed by atoms with E-state index in [-0.39, 0.29) is 12.1 Å². The molecule has 1 heterocycles. The van der Waals surface area contributed by atoms with Gasteiger partial charge in [-0.1, -0.05) is 35.0 Å². The number of imidazole rings is 1. The highest BCUT2D eigenvalue weighted by Gasteiger charge is 2.20. The first-order valence-electron chi connectivity index (χ1n) is 6.16. The van der Waals surface area contributed by atoms with Gasteiger partial charge in [0.2, 0.25) is 0 Å². The Morgan fingerprint density at radius 2 is 2.00 bits per heavy atom. The Kier molecular flexibility index (Phi) is 4.19. The highest BCUT2D eigenvalue weighted by atomic mass is 79.9. The second-order valence-electron chi connectivity index (χ2n) is 4.46. The summed E-state index contributed by atoms with van der Waals surface area (Å²) in [7, 11) is 0. The molecule has 4 heteroatoms. The molecule has 0 bridgehead atoms. The summed E-state index contributed by atoms with van der Waals surface area (Å²) in [6, 6.07) is 8.48. The van der Waals surface area contributed by atoms with Crippen molar-refractivity contribution in [2.45, 2.75) is 32.4 Å². The lowest BCUT2D eigenvalue weighted by molar-refractivity contribution is 0.481. The molecule has 0 aliphatic carbocycles. The molecule has 0 spiro atoms. The fourth-order valence-electron chi connectivity index (χ4n) is 2.25. The number of nitrogens with two attached hydrogens (primary N) is 1. The van der Waals surface area contributed by atoms with E-state index in [1.54, 1.807) is 0 Å². The van der Waals surface area contributed by atoms with Crippen LogP contribution in [0.3, 0.4) is 0 Å². The normalized spacial score (nSPS) is 14.4. The Morgan fingerprint density at radius 3 is 2.56 bits per heavy atom. The summed E-state index contributed by atoms with van der Waals surface area (Å²) in [5.41, 5.74) is 7.37. The van der Waals surface area contributed by atoms with E-state index in [2.05, 4.69) is 44.5 Å². The number of hydrogen-bond acceptors (Lipinski definition) is 2. The van der Waals surface area contributed by atoms with E-state index in [0.717, 1.165) is 16.7 Å². The maximum absolute atomic E-state index is 6.16. The van der Waals surface area contributed by atoms with E-state index in [1.807, 2.05) is 31.5 Å². The third kappa shape index (κ3) is 2.65. The Hall–Kier alpha value is -1.13. The number of aromatic nitrogens is 2. The predicted octanol–water partition coefficient (Wildman–Crippen LogP) is 3.14. The van der Waals surface area contributed by atoms with Crippen LogP contribution in [0, 0.1) is 0 Å². The van der Waals surface area contributed by atoms with Crippen LogP contribution in [-0.2, 0) is 6.42 Å². The molecule has 1 aromatic carbocycles. The van der Waals surface area contributed by atoms with Crippen molar-refractivity contribution in [1.82, 2.24) is 9.55 Å². The van der Waals surface area contributed by atoms with E-state index in [4.69, 9.17) is 5.73 Å². The predicted molar refractivity (Wildman–Crippen MR) is 77.5 cm³/mol. The SMILES string of the molecule is CCc1nccn1C(c1ccc(Br)cc1)C(C)N. The quantitative estimate of drug-likeness (QED) is 0.943. The van der Waals surface area contributed by atoms with Crippen molar-refractivity contribution in [2.24, 2.45) is 5.73 Å². The van der Waals surface area contributed by atoms with Gasteiger partial charge in [0.25, 0.3) is 0 Å². The summed E-state index contributed by atoms with van der Waals surface area (Å²) in [5, 5.41) is 0. The molecule has 1 aromatic heterocycles. The fraction of sp³-hybridized carbons (Fsp3) is 0.357. The standard InChI is InChI=1S/C14H18BrN3/c1-3-13-17-8-9-18(13)14(10(2)16)11-4-6-12(15)7-5-11/h4-10,14H,3,16H2,1-2H3. The van der Waals surface area contributed by atoms with Crippen molar-refractivity contribution in [2.75, 3.05) is 0 Å². The van der Waals surface area contributed by atoms with Gasteiger partial charge in [-0.3, -0.25) is 0 Å². The summed E-state index contributed by atoms with van der Waals surface area (Å²) in [5.74, 6) is 1.07. The van der Waals surface area contributed by atoms with Gasteiger partial charge in [0, 0.05) is 29.3 Å². The van der Waals surface area contributed by atoms with E-state index >= 15 is 0 Å². The zero-order chi connectivity index (χ0) is 13.1. The third-order valence-corrected chi connectivity index (χ3v) is 3.60. The molecule has 0 radical (unpaired) electrons. The first-order valence-corrected chi connectivity index (χ1v) is 6.95. The maximum Gasteiger partial charge on any atom is 0.108 e. The highest BCUT2D eigenvalue weighted by molar-refractivity contribution is 9.10. The summed E-state index contributed by atoms with van der Waals surface area (Å²) in [6.07, 6.45) is 4.76. The Balaban J connectivity index is 2.43. The zero-order valence-corrected chi connectivity index (χ0v) is 12.3. The van der Waals surface area contributed by atoms with Gasteiger partial charge in [0.1, 0.15) is 5.82 Å². The minimum Gasteiger partial charge on any atom is -0.326 e. The van der Waals surface area contributed by atoms with Crippen LogP contribution in [0.15, 0.2) is 41.1 Å². The molecule has 0 aliphatic rings. The Labute approximate surface area is 116 Å². The van der Waals surface area contributed by atoms with E-state index in [1.165, 1.54) is 5.56 Å². The molecule has 2 atom stereocenters. The minimum absolute atomic E-state index is 0.0330. The molecular formula is C14H18BrN3. The maximum atomic E-state index is 6.16. The van der Waals surface area contributed by atoms with Crippen LogP contribution >= 0.6 is 15.9 Å². The lowest BCUT2D eigenvalue weighted by Gasteiger charge is -2.24. The fourth-order valence-corrected chi connectivity index (χ4v) is 2.51. The van der Waals surface area contributed by atoms with Crippen LogP contribution in [0.2, 0.25) is 0 Å². The molecule has 3 nitrogen and oxygen atoms in total. The Morgan fingerprint density at radius 1 is 1.33 bits per heavy atom. The van der Waals surface area contributed by atoms with Crippen molar-refractivity contribution < 1.29 is 0 Å². The first-order chi connectivity index (χ1) is 8.63. The first kappa shape index (κ1) is 13.3. The van der Waals surface area contributed by atoms with E-state index < -0.39 is 0 Å².